The minimum absolute atomic E-state index is 0.0602. The molecule has 30 heavy (non-hydrogen) atoms. The van der Waals surface area contributed by atoms with Gasteiger partial charge in [0.25, 0.3) is 0 Å². The van der Waals surface area contributed by atoms with Crippen molar-refractivity contribution in [3.05, 3.63) is 53.1 Å². The second kappa shape index (κ2) is 9.64. The molecule has 1 N–H and O–H groups in total. The van der Waals surface area contributed by atoms with Gasteiger partial charge in [0.2, 0.25) is 15.9 Å². The number of thioether (sulfide) groups is 1. The van der Waals surface area contributed by atoms with E-state index in [1.807, 2.05) is 0 Å². The molecule has 3 rings (SSSR count). The smallest absolute Gasteiger partial charge is 0.243 e. The first kappa shape index (κ1) is 23.0. The van der Waals surface area contributed by atoms with Crippen molar-refractivity contribution in [2.24, 2.45) is 0 Å². The molecule has 0 bridgehead atoms. The van der Waals surface area contributed by atoms with Gasteiger partial charge in [0.05, 0.1) is 20.9 Å². The molecule has 2 aromatic carbocycles. The minimum atomic E-state index is -3.67. The number of halogens is 3. The number of hydrogen-bond donors (Lipinski definition) is 1. The summed E-state index contributed by atoms with van der Waals surface area (Å²) in [4.78, 5) is 13.0. The Morgan fingerprint density at radius 3 is 2.47 bits per heavy atom. The van der Waals surface area contributed by atoms with Gasteiger partial charge in [-0.2, -0.15) is 4.31 Å². The highest BCUT2D eigenvalue weighted by Crippen LogP contribution is 2.30. The van der Waals surface area contributed by atoms with Gasteiger partial charge in [0, 0.05) is 18.0 Å². The van der Waals surface area contributed by atoms with Crippen molar-refractivity contribution in [3.8, 4) is 0 Å². The SMILES string of the molecule is C[C@H](Sc1ccc(F)c(F)c1)C(=O)Nc1cc(S(=O)(=O)N2CCCCC2)ccc1Cl. The summed E-state index contributed by atoms with van der Waals surface area (Å²) in [5, 5.41) is 2.17. The van der Waals surface area contributed by atoms with Crippen molar-refractivity contribution < 1.29 is 22.0 Å². The Bertz CT molecular complexity index is 1040. The second-order valence-electron chi connectivity index (χ2n) is 6.93. The van der Waals surface area contributed by atoms with Gasteiger partial charge in [-0.05, 0) is 56.2 Å². The summed E-state index contributed by atoms with van der Waals surface area (Å²) < 4.78 is 53.6. The third-order valence-electron chi connectivity index (χ3n) is 4.72. The van der Waals surface area contributed by atoms with Crippen LogP contribution in [0.3, 0.4) is 0 Å². The zero-order chi connectivity index (χ0) is 21.9. The van der Waals surface area contributed by atoms with Crippen LogP contribution in [0.15, 0.2) is 46.2 Å². The fraction of sp³-hybridized carbons (Fsp3) is 0.350. The monoisotopic (exact) mass is 474 g/mol. The molecule has 0 saturated carbocycles. The van der Waals surface area contributed by atoms with Crippen LogP contribution in [0.1, 0.15) is 26.2 Å². The summed E-state index contributed by atoms with van der Waals surface area (Å²) in [6.45, 7) is 2.53. The first-order chi connectivity index (χ1) is 14.2. The molecule has 162 valence electrons. The number of nitrogens with one attached hydrogen (secondary N) is 1. The summed E-state index contributed by atoms with van der Waals surface area (Å²) >= 11 is 7.20. The van der Waals surface area contributed by atoms with Gasteiger partial charge in [-0.1, -0.05) is 18.0 Å². The number of carbonyl (C=O) groups excluding carboxylic acids is 1. The Balaban J connectivity index is 1.74. The van der Waals surface area contributed by atoms with Crippen LogP contribution < -0.4 is 5.32 Å². The quantitative estimate of drug-likeness (QED) is 0.604. The van der Waals surface area contributed by atoms with Gasteiger partial charge < -0.3 is 5.32 Å². The molecule has 5 nitrogen and oxygen atoms in total. The number of rotatable bonds is 6. The molecule has 0 spiro atoms. The van der Waals surface area contributed by atoms with Crippen molar-refractivity contribution >= 4 is 45.0 Å². The predicted octanol–water partition coefficient (Wildman–Crippen LogP) is 4.91. The van der Waals surface area contributed by atoms with Crippen molar-refractivity contribution in [2.45, 2.75) is 41.2 Å². The molecule has 1 amide bonds. The Hall–Kier alpha value is -1.68. The number of hydrogen-bond acceptors (Lipinski definition) is 4. The lowest BCUT2D eigenvalue weighted by atomic mass is 10.2. The summed E-state index contributed by atoms with van der Waals surface area (Å²) in [7, 11) is -3.67. The van der Waals surface area contributed by atoms with Crippen LogP contribution in [0.25, 0.3) is 0 Å². The van der Waals surface area contributed by atoms with Crippen LogP contribution in [0.5, 0.6) is 0 Å². The van der Waals surface area contributed by atoms with Gasteiger partial charge >= 0.3 is 0 Å². The highest BCUT2D eigenvalue weighted by molar-refractivity contribution is 8.00. The summed E-state index contributed by atoms with van der Waals surface area (Å²) in [6, 6.07) is 7.59. The molecule has 1 saturated heterocycles. The van der Waals surface area contributed by atoms with E-state index < -0.39 is 32.8 Å². The normalized spacial score (nSPS) is 16.3. The van der Waals surface area contributed by atoms with Crippen molar-refractivity contribution in [3.63, 3.8) is 0 Å². The molecule has 0 aromatic heterocycles. The van der Waals surface area contributed by atoms with E-state index in [1.165, 1.54) is 28.6 Å². The zero-order valence-corrected chi connectivity index (χ0v) is 18.6. The van der Waals surface area contributed by atoms with Crippen LogP contribution in [0.4, 0.5) is 14.5 Å². The maximum absolute atomic E-state index is 13.4. The third-order valence-corrected chi connectivity index (χ3v) is 8.04. The van der Waals surface area contributed by atoms with Gasteiger partial charge in [-0.25, -0.2) is 17.2 Å². The maximum Gasteiger partial charge on any atom is 0.243 e. The van der Waals surface area contributed by atoms with Crippen LogP contribution in [0, 0.1) is 11.6 Å². The van der Waals surface area contributed by atoms with Crippen LogP contribution in [-0.2, 0) is 14.8 Å². The highest BCUT2D eigenvalue weighted by atomic mass is 35.5. The number of benzene rings is 2. The van der Waals surface area contributed by atoms with Crippen molar-refractivity contribution in [1.82, 2.24) is 4.31 Å². The standard InChI is InChI=1S/C20H21ClF2N2O3S2/c1-13(29-14-5-8-17(22)18(23)11-14)20(26)24-19-12-15(6-7-16(19)21)30(27,28)25-9-3-2-4-10-25/h5-8,11-13H,2-4,9-10H2,1H3,(H,24,26)/t13-/m0/s1. The van der Waals surface area contributed by atoms with E-state index in [-0.39, 0.29) is 15.6 Å². The number of nitrogens with zero attached hydrogens (tertiary/aromatic N) is 1. The van der Waals surface area contributed by atoms with E-state index in [9.17, 15) is 22.0 Å². The molecule has 1 fully saturated rings. The molecule has 1 atom stereocenters. The summed E-state index contributed by atoms with van der Waals surface area (Å²) in [5.41, 5.74) is 0.178. The number of amides is 1. The van der Waals surface area contributed by atoms with E-state index in [0.29, 0.717) is 18.0 Å². The lowest BCUT2D eigenvalue weighted by Crippen LogP contribution is -2.35. The lowest BCUT2D eigenvalue weighted by Gasteiger charge is -2.26. The topological polar surface area (TPSA) is 66.5 Å². The molecule has 2 aromatic rings. The largest absolute Gasteiger partial charge is 0.324 e. The Morgan fingerprint density at radius 1 is 1.10 bits per heavy atom. The van der Waals surface area contributed by atoms with E-state index >= 15 is 0 Å². The average Bonchev–Trinajstić information content (AvgIpc) is 2.72. The van der Waals surface area contributed by atoms with Gasteiger partial charge in [-0.15, -0.1) is 11.8 Å². The second-order valence-corrected chi connectivity index (χ2v) is 10.7. The molecular weight excluding hydrogens is 454 g/mol. The lowest BCUT2D eigenvalue weighted by molar-refractivity contribution is -0.115. The van der Waals surface area contributed by atoms with Gasteiger partial charge in [-0.3, -0.25) is 4.79 Å². The number of piperidine rings is 1. The third kappa shape index (κ3) is 5.32. The Morgan fingerprint density at radius 2 is 1.80 bits per heavy atom. The molecule has 0 aliphatic carbocycles. The van der Waals surface area contributed by atoms with E-state index in [0.717, 1.165) is 43.2 Å². The van der Waals surface area contributed by atoms with Crippen LogP contribution in [-0.4, -0.2) is 37.0 Å². The molecule has 1 aliphatic rings. The fourth-order valence-corrected chi connectivity index (χ4v) is 5.66. The van der Waals surface area contributed by atoms with E-state index in [1.54, 1.807) is 6.92 Å². The Kier molecular flexibility index (Phi) is 7.38. The van der Waals surface area contributed by atoms with E-state index in [2.05, 4.69) is 5.32 Å². The van der Waals surface area contributed by atoms with Crippen molar-refractivity contribution in [1.29, 1.82) is 0 Å². The highest BCUT2D eigenvalue weighted by Gasteiger charge is 2.27. The number of carbonyl (C=O) groups is 1. The van der Waals surface area contributed by atoms with Crippen LogP contribution in [0.2, 0.25) is 5.02 Å². The summed E-state index contributed by atoms with van der Waals surface area (Å²) in [5.74, 6) is -2.40. The molecule has 10 heteroatoms. The maximum atomic E-state index is 13.4. The number of sulfonamides is 1. The first-order valence-corrected chi connectivity index (χ1v) is 12.1. The molecular formula is C20H21ClF2N2O3S2. The fourth-order valence-electron chi connectivity index (χ4n) is 3.06. The number of anilines is 1. The van der Waals surface area contributed by atoms with E-state index in [4.69, 9.17) is 11.6 Å². The molecule has 0 unspecified atom stereocenters. The van der Waals surface area contributed by atoms with Gasteiger partial charge in [0.15, 0.2) is 11.6 Å². The average molecular weight is 475 g/mol. The molecule has 1 aliphatic heterocycles. The minimum Gasteiger partial charge on any atom is -0.324 e. The Labute approximate surface area is 183 Å². The molecule has 0 radical (unpaired) electrons. The van der Waals surface area contributed by atoms with Crippen molar-refractivity contribution in [2.75, 3.05) is 18.4 Å². The zero-order valence-electron chi connectivity index (χ0n) is 16.2. The predicted molar refractivity (Wildman–Crippen MR) is 114 cm³/mol. The van der Waals surface area contributed by atoms with Gasteiger partial charge in [0.1, 0.15) is 0 Å². The first-order valence-electron chi connectivity index (χ1n) is 9.41. The summed E-state index contributed by atoms with van der Waals surface area (Å²) in [6.07, 6.45) is 2.63. The van der Waals surface area contributed by atoms with Crippen LogP contribution >= 0.6 is 23.4 Å². The molecule has 1 heterocycles.